The number of anilines is 1. The van der Waals surface area contributed by atoms with E-state index < -0.39 is 34.8 Å². The van der Waals surface area contributed by atoms with Crippen LogP contribution in [0.4, 0.5) is 10.2 Å². The number of halogens is 1. The van der Waals surface area contributed by atoms with Crippen molar-refractivity contribution in [3.8, 4) is 22.9 Å². The highest BCUT2D eigenvalue weighted by molar-refractivity contribution is 6.43. The number of carbonyl (C=O) groups is 2. The van der Waals surface area contributed by atoms with Crippen LogP contribution in [0, 0.1) is 11.3 Å². The van der Waals surface area contributed by atoms with E-state index in [-0.39, 0.29) is 6.61 Å². The lowest BCUT2D eigenvalue weighted by Gasteiger charge is -2.40. The Hall–Kier alpha value is -4.63. The van der Waals surface area contributed by atoms with Gasteiger partial charge >= 0.3 is 0 Å². The van der Waals surface area contributed by atoms with Crippen molar-refractivity contribution in [2.24, 2.45) is 4.99 Å². The Morgan fingerprint density at radius 2 is 2.07 bits per heavy atom. The number of hydrogen-bond donors (Lipinski definition) is 2. The summed E-state index contributed by atoms with van der Waals surface area (Å²) in [5.41, 5.74) is 0.474. The minimum atomic E-state index is -1.71. The molecule has 0 aromatic carbocycles. The van der Waals surface area contributed by atoms with E-state index in [0.29, 0.717) is 48.3 Å². The van der Waals surface area contributed by atoms with Crippen LogP contribution < -0.4 is 15.0 Å². The summed E-state index contributed by atoms with van der Waals surface area (Å²) in [4.78, 5) is 34.5. The van der Waals surface area contributed by atoms with Crippen LogP contribution in [0.3, 0.4) is 0 Å². The predicted molar refractivity (Wildman–Crippen MR) is 149 cm³/mol. The van der Waals surface area contributed by atoms with Crippen LogP contribution in [0.2, 0.25) is 0 Å². The molecular weight excluding hydrogens is 529 g/mol. The number of carbonyl (C=O) groups excluding carboxylic acids is 2. The molecule has 3 aromatic rings. The highest BCUT2D eigenvalue weighted by Gasteiger charge is 2.35. The van der Waals surface area contributed by atoms with Crippen molar-refractivity contribution in [3.63, 3.8) is 0 Å². The molecule has 0 bridgehead atoms. The van der Waals surface area contributed by atoms with Crippen LogP contribution >= 0.6 is 0 Å². The summed E-state index contributed by atoms with van der Waals surface area (Å²) in [6, 6.07) is 7.78. The molecule has 0 spiro atoms. The maximum absolute atomic E-state index is 14.1. The van der Waals surface area contributed by atoms with Gasteiger partial charge in [0.15, 0.2) is 6.17 Å². The second-order valence-corrected chi connectivity index (χ2v) is 11.2. The van der Waals surface area contributed by atoms with Crippen molar-refractivity contribution in [2.45, 2.75) is 50.9 Å². The number of nitriles is 1. The third-order valence-electron chi connectivity index (χ3n) is 7.10. The van der Waals surface area contributed by atoms with Gasteiger partial charge in [-0.1, -0.05) is 0 Å². The SMILES string of the molecule is CC(C)(O)COc1cc(-c2ccc(N3CCC(C)(NC(=O)C4=NC(=O)C=CC4F)CC3)nc2)c2c(C#N)cnn2c1. The number of allylic oxidation sites excluding steroid dienone is 1. The number of pyridine rings is 2. The number of hydrogen-bond acceptors (Lipinski definition) is 8. The number of ether oxygens (including phenoxy) is 1. The van der Waals surface area contributed by atoms with Crippen molar-refractivity contribution >= 4 is 28.9 Å². The third-order valence-corrected chi connectivity index (χ3v) is 7.10. The quantitative estimate of drug-likeness (QED) is 0.450. The smallest absolute Gasteiger partial charge is 0.270 e. The Bertz CT molecular complexity index is 1590. The van der Waals surface area contributed by atoms with Gasteiger partial charge in [0.05, 0.1) is 29.1 Å². The number of amides is 2. The molecule has 2 aliphatic heterocycles. The summed E-state index contributed by atoms with van der Waals surface area (Å²) in [6.45, 7) is 6.46. The van der Waals surface area contributed by atoms with Gasteiger partial charge in [-0.05, 0) is 57.9 Å². The Morgan fingerprint density at radius 3 is 2.73 bits per heavy atom. The van der Waals surface area contributed by atoms with Gasteiger partial charge in [0, 0.05) is 42.0 Å². The molecule has 1 atom stereocenters. The normalized spacial score (nSPS) is 18.6. The second kappa shape index (κ2) is 10.7. The van der Waals surface area contributed by atoms with Crippen LogP contribution in [-0.4, -0.2) is 74.2 Å². The van der Waals surface area contributed by atoms with Gasteiger partial charge in [-0.15, -0.1) is 0 Å². The highest BCUT2D eigenvalue weighted by atomic mass is 19.1. The largest absolute Gasteiger partial charge is 0.489 e. The molecule has 5 rings (SSSR count). The zero-order valence-corrected chi connectivity index (χ0v) is 23.0. The Labute approximate surface area is 236 Å². The average molecular weight is 560 g/mol. The first-order valence-corrected chi connectivity index (χ1v) is 13.2. The number of aliphatic imine (C=N–C) groups is 1. The first kappa shape index (κ1) is 27.9. The molecule has 2 amide bonds. The number of rotatable bonds is 7. The minimum Gasteiger partial charge on any atom is -0.489 e. The molecule has 12 heteroatoms. The molecule has 0 saturated carbocycles. The van der Waals surface area contributed by atoms with E-state index in [9.17, 15) is 24.3 Å². The van der Waals surface area contributed by atoms with Gasteiger partial charge in [-0.2, -0.15) is 10.4 Å². The topological polar surface area (TPSA) is 145 Å². The van der Waals surface area contributed by atoms with E-state index in [1.807, 2.05) is 19.1 Å². The number of dihydropyridines is 1. The number of nitrogens with one attached hydrogen (secondary N) is 1. The van der Waals surface area contributed by atoms with Crippen LogP contribution in [0.25, 0.3) is 16.6 Å². The average Bonchev–Trinajstić information content (AvgIpc) is 3.36. The maximum atomic E-state index is 14.1. The molecule has 11 nitrogen and oxygen atoms in total. The lowest BCUT2D eigenvalue weighted by Crippen LogP contribution is -2.56. The van der Waals surface area contributed by atoms with Crippen molar-refractivity contribution in [1.29, 1.82) is 5.26 Å². The predicted octanol–water partition coefficient (Wildman–Crippen LogP) is 2.77. The zero-order chi connectivity index (χ0) is 29.4. The molecule has 2 aliphatic rings. The lowest BCUT2D eigenvalue weighted by molar-refractivity contribution is -0.118. The molecule has 212 valence electrons. The van der Waals surface area contributed by atoms with E-state index in [1.165, 1.54) is 6.20 Å². The van der Waals surface area contributed by atoms with Gasteiger partial charge in [-0.25, -0.2) is 18.9 Å². The molecular formula is C29H30FN7O4. The Morgan fingerprint density at radius 1 is 1.32 bits per heavy atom. The number of nitrogens with zero attached hydrogens (tertiary/aromatic N) is 6. The molecule has 0 aliphatic carbocycles. The number of fused-ring (bicyclic) bond motifs is 1. The lowest BCUT2D eigenvalue weighted by atomic mass is 9.89. The summed E-state index contributed by atoms with van der Waals surface area (Å²) in [6.07, 6.45) is 6.39. The Kier molecular flexibility index (Phi) is 7.31. The van der Waals surface area contributed by atoms with Gasteiger partial charge in [0.25, 0.3) is 11.8 Å². The van der Waals surface area contributed by atoms with E-state index in [1.54, 1.807) is 36.8 Å². The van der Waals surface area contributed by atoms with Crippen LogP contribution in [-0.2, 0) is 9.59 Å². The fourth-order valence-corrected chi connectivity index (χ4v) is 4.81. The zero-order valence-electron chi connectivity index (χ0n) is 23.0. The minimum absolute atomic E-state index is 0.0769. The summed E-state index contributed by atoms with van der Waals surface area (Å²) < 4.78 is 21.5. The summed E-state index contributed by atoms with van der Waals surface area (Å²) >= 11 is 0. The van der Waals surface area contributed by atoms with Gasteiger partial charge in [0.2, 0.25) is 0 Å². The molecule has 1 fully saturated rings. The van der Waals surface area contributed by atoms with Crippen LogP contribution in [0.1, 0.15) is 39.2 Å². The second-order valence-electron chi connectivity index (χ2n) is 11.2. The van der Waals surface area contributed by atoms with Crippen molar-refractivity contribution in [1.82, 2.24) is 19.9 Å². The number of aliphatic hydroxyl groups is 1. The molecule has 1 saturated heterocycles. The van der Waals surface area contributed by atoms with Gasteiger partial charge in [0.1, 0.15) is 30.0 Å². The third kappa shape index (κ3) is 6.10. The summed E-state index contributed by atoms with van der Waals surface area (Å²) in [5, 5.41) is 26.8. The standard InChI is InChI=1S/C29H30FN7O4/c1-28(2,40)17-41-20-12-21(26-19(13-31)15-33-37(26)16-20)18-4-6-23(32-14-18)36-10-8-29(3,9-11-36)35-27(39)25-22(30)5-7-24(38)34-25/h4-7,12,14-16,22,40H,8-11,17H2,1-3H3,(H,35,39). The van der Waals surface area contributed by atoms with Crippen LogP contribution in [0.15, 0.2) is 53.9 Å². The van der Waals surface area contributed by atoms with Crippen LogP contribution in [0.5, 0.6) is 5.75 Å². The first-order valence-electron chi connectivity index (χ1n) is 13.2. The van der Waals surface area contributed by atoms with E-state index in [0.717, 1.165) is 23.5 Å². The molecule has 3 aromatic heterocycles. The molecule has 1 unspecified atom stereocenters. The first-order chi connectivity index (χ1) is 19.4. The summed E-state index contributed by atoms with van der Waals surface area (Å²) in [7, 11) is 0. The van der Waals surface area contributed by atoms with E-state index >= 15 is 0 Å². The molecule has 5 heterocycles. The maximum Gasteiger partial charge on any atom is 0.270 e. The van der Waals surface area contributed by atoms with Crippen molar-refractivity contribution in [2.75, 3.05) is 24.6 Å². The number of alkyl halides is 1. The number of piperidine rings is 1. The van der Waals surface area contributed by atoms with E-state index in [4.69, 9.17) is 4.74 Å². The van der Waals surface area contributed by atoms with Crippen molar-refractivity contribution in [3.05, 3.63) is 54.5 Å². The summed E-state index contributed by atoms with van der Waals surface area (Å²) in [5.74, 6) is -0.0878. The highest BCUT2D eigenvalue weighted by Crippen LogP contribution is 2.32. The molecule has 2 N–H and O–H groups in total. The number of aromatic nitrogens is 3. The monoisotopic (exact) mass is 559 g/mol. The van der Waals surface area contributed by atoms with Gasteiger partial charge < -0.3 is 20.1 Å². The molecule has 41 heavy (non-hydrogen) atoms. The van der Waals surface area contributed by atoms with Crippen molar-refractivity contribution < 1.29 is 23.8 Å². The fraction of sp³-hybridized carbons (Fsp3) is 0.379. The van der Waals surface area contributed by atoms with E-state index in [2.05, 4.69) is 31.4 Å². The molecule has 0 radical (unpaired) electrons. The Balaban J connectivity index is 1.30. The fourth-order valence-electron chi connectivity index (χ4n) is 4.81. The van der Waals surface area contributed by atoms with Gasteiger partial charge in [-0.3, -0.25) is 9.59 Å².